The molecule has 2 heterocycles. The maximum atomic E-state index is 6.35. The number of nitrogens with one attached hydrogen (secondary N) is 1. The van der Waals surface area contributed by atoms with Crippen LogP contribution in [0.4, 0.5) is 0 Å². The molecule has 32 heavy (non-hydrogen) atoms. The summed E-state index contributed by atoms with van der Waals surface area (Å²) in [6, 6.07) is 6.08. The summed E-state index contributed by atoms with van der Waals surface area (Å²) in [4.78, 5) is 7.34. The minimum absolute atomic E-state index is 0. The molecule has 0 amide bonds. The molecule has 2 fully saturated rings. The van der Waals surface area contributed by atoms with Crippen LogP contribution in [0, 0.1) is 0 Å². The van der Waals surface area contributed by atoms with Crippen molar-refractivity contribution in [3.8, 4) is 11.5 Å². The molecule has 0 radical (unpaired) electrons. The third kappa shape index (κ3) is 6.08. The predicted octanol–water partition coefficient (Wildman–Crippen LogP) is 4.32. The molecule has 1 aliphatic carbocycles. The summed E-state index contributed by atoms with van der Waals surface area (Å²) in [6.45, 7) is 5.51. The highest BCUT2D eigenvalue weighted by Crippen LogP contribution is 2.31. The van der Waals surface area contributed by atoms with Gasteiger partial charge < -0.3 is 19.7 Å². The first kappa shape index (κ1) is 24.7. The molecule has 1 saturated heterocycles. The van der Waals surface area contributed by atoms with Gasteiger partial charge in [0.2, 0.25) is 0 Å². The number of nitrogens with zero attached hydrogens (tertiary/aromatic N) is 4. The fraction of sp³-hybridized carbons (Fsp3) is 0.583. The lowest BCUT2D eigenvalue weighted by Crippen LogP contribution is -2.40. The standard InChI is InChI=1S/C24H35N5O2.HI/c1-4-25-24(29-12-11-19(17-29)20-15-27-28(2)16-20)26-14-18-9-10-22(30-3)13-23(18)31-21-7-5-6-8-21;/h9-10,13,15-16,19,21H,4-8,11-12,14,17H2,1-3H3,(H,25,26);1H. The molecule has 2 aliphatic rings. The van der Waals surface area contributed by atoms with Crippen molar-refractivity contribution in [1.82, 2.24) is 20.0 Å². The number of benzene rings is 1. The van der Waals surface area contributed by atoms with Gasteiger partial charge in [0.15, 0.2) is 5.96 Å². The van der Waals surface area contributed by atoms with Crippen LogP contribution in [0.25, 0.3) is 0 Å². The second-order valence-corrected chi connectivity index (χ2v) is 8.55. The molecule has 0 bridgehead atoms. The Kier molecular flexibility index (Phi) is 9.07. The summed E-state index contributed by atoms with van der Waals surface area (Å²) in [6.07, 6.45) is 10.3. The highest BCUT2D eigenvalue weighted by Gasteiger charge is 2.27. The Hall–Kier alpha value is -1.97. The van der Waals surface area contributed by atoms with E-state index in [0.717, 1.165) is 61.9 Å². The van der Waals surface area contributed by atoms with Gasteiger partial charge in [0.25, 0.3) is 0 Å². The molecular weight excluding hydrogens is 517 g/mol. The van der Waals surface area contributed by atoms with Crippen LogP contribution in [-0.4, -0.2) is 53.5 Å². The molecule has 1 aromatic carbocycles. The Labute approximate surface area is 208 Å². The smallest absolute Gasteiger partial charge is 0.194 e. The van der Waals surface area contributed by atoms with Gasteiger partial charge >= 0.3 is 0 Å². The van der Waals surface area contributed by atoms with Gasteiger partial charge in [0, 0.05) is 50.4 Å². The monoisotopic (exact) mass is 553 g/mol. The number of aryl methyl sites for hydroxylation is 1. The number of hydrogen-bond acceptors (Lipinski definition) is 4. The van der Waals surface area contributed by atoms with Gasteiger partial charge in [-0.3, -0.25) is 4.68 Å². The maximum absolute atomic E-state index is 6.35. The summed E-state index contributed by atoms with van der Waals surface area (Å²) in [5.41, 5.74) is 2.41. The average molecular weight is 553 g/mol. The fourth-order valence-corrected chi connectivity index (χ4v) is 4.55. The van der Waals surface area contributed by atoms with Crippen molar-refractivity contribution in [2.75, 3.05) is 26.7 Å². The first-order valence-electron chi connectivity index (χ1n) is 11.5. The molecule has 4 rings (SSSR count). The zero-order valence-electron chi connectivity index (χ0n) is 19.4. The third-order valence-corrected chi connectivity index (χ3v) is 6.29. The second kappa shape index (κ2) is 11.8. The number of hydrogen-bond donors (Lipinski definition) is 1. The molecule has 1 aromatic heterocycles. The molecular formula is C24H36IN5O2. The van der Waals surface area contributed by atoms with Gasteiger partial charge in [0.05, 0.1) is 26.0 Å². The zero-order chi connectivity index (χ0) is 21.6. The Morgan fingerprint density at radius 3 is 2.75 bits per heavy atom. The second-order valence-electron chi connectivity index (χ2n) is 8.55. The molecule has 2 aromatic rings. The van der Waals surface area contributed by atoms with Crippen LogP contribution < -0.4 is 14.8 Å². The van der Waals surface area contributed by atoms with Crippen molar-refractivity contribution < 1.29 is 9.47 Å². The van der Waals surface area contributed by atoms with E-state index in [1.807, 2.05) is 30.1 Å². The highest BCUT2D eigenvalue weighted by atomic mass is 127. The van der Waals surface area contributed by atoms with Crippen molar-refractivity contribution in [1.29, 1.82) is 0 Å². The largest absolute Gasteiger partial charge is 0.497 e. The maximum Gasteiger partial charge on any atom is 0.194 e. The van der Waals surface area contributed by atoms with E-state index < -0.39 is 0 Å². The van der Waals surface area contributed by atoms with Crippen LogP contribution in [0.5, 0.6) is 11.5 Å². The average Bonchev–Trinajstić information content (AvgIpc) is 3.54. The number of guanidine groups is 1. The van der Waals surface area contributed by atoms with E-state index in [-0.39, 0.29) is 24.0 Å². The van der Waals surface area contributed by atoms with Crippen molar-refractivity contribution in [3.05, 3.63) is 41.7 Å². The highest BCUT2D eigenvalue weighted by molar-refractivity contribution is 14.0. The Bertz CT molecular complexity index is 894. The van der Waals surface area contributed by atoms with E-state index in [1.54, 1.807) is 7.11 Å². The molecule has 1 unspecified atom stereocenters. The minimum atomic E-state index is 0. The van der Waals surface area contributed by atoms with E-state index >= 15 is 0 Å². The predicted molar refractivity (Wildman–Crippen MR) is 138 cm³/mol. The van der Waals surface area contributed by atoms with Crippen molar-refractivity contribution >= 4 is 29.9 Å². The Morgan fingerprint density at radius 2 is 2.06 bits per heavy atom. The zero-order valence-corrected chi connectivity index (χ0v) is 21.7. The van der Waals surface area contributed by atoms with Crippen LogP contribution in [0.15, 0.2) is 35.6 Å². The molecule has 1 N–H and O–H groups in total. The van der Waals surface area contributed by atoms with Crippen molar-refractivity contribution in [2.24, 2.45) is 12.0 Å². The van der Waals surface area contributed by atoms with Crippen LogP contribution in [-0.2, 0) is 13.6 Å². The lowest BCUT2D eigenvalue weighted by atomic mass is 10.0. The number of aromatic nitrogens is 2. The van der Waals surface area contributed by atoms with E-state index in [9.17, 15) is 0 Å². The lowest BCUT2D eigenvalue weighted by Gasteiger charge is -2.22. The van der Waals surface area contributed by atoms with E-state index in [1.165, 1.54) is 18.4 Å². The van der Waals surface area contributed by atoms with Gasteiger partial charge in [0.1, 0.15) is 11.5 Å². The van der Waals surface area contributed by atoms with Gasteiger partial charge in [-0.1, -0.05) is 0 Å². The van der Waals surface area contributed by atoms with E-state index in [2.05, 4.69) is 34.5 Å². The molecule has 1 atom stereocenters. The van der Waals surface area contributed by atoms with Gasteiger partial charge in [-0.2, -0.15) is 5.10 Å². The number of likely N-dealkylation sites (tertiary alicyclic amines) is 1. The normalized spacial score (nSPS) is 19.2. The summed E-state index contributed by atoms with van der Waals surface area (Å²) in [7, 11) is 3.67. The quantitative estimate of drug-likeness (QED) is 0.315. The first-order valence-corrected chi connectivity index (χ1v) is 11.5. The van der Waals surface area contributed by atoms with Crippen LogP contribution in [0.2, 0.25) is 0 Å². The molecule has 8 heteroatoms. The summed E-state index contributed by atoms with van der Waals surface area (Å²) < 4.78 is 13.7. The number of ether oxygens (including phenoxy) is 2. The van der Waals surface area contributed by atoms with Crippen LogP contribution in [0.3, 0.4) is 0 Å². The third-order valence-electron chi connectivity index (χ3n) is 6.29. The topological polar surface area (TPSA) is 63.9 Å². The fourth-order valence-electron chi connectivity index (χ4n) is 4.55. The molecule has 176 valence electrons. The van der Waals surface area contributed by atoms with E-state index in [0.29, 0.717) is 18.6 Å². The summed E-state index contributed by atoms with van der Waals surface area (Å²) >= 11 is 0. The Balaban J connectivity index is 0.00000289. The number of halogens is 1. The van der Waals surface area contributed by atoms with Gasteiger partial charge in [-0.05, 0) is 56.7 Å². The SMILES string of the molecule is CCNC(=NCc1ccc(OC)cc1OC1CCCC1)N1CCC(c2cnn(C)c2)C1.I. The van der Waals surface area contributed by atoms with Gasteiger partial charge in [-0.15, -0.1) is 24.0 Å². The van der Waals surface area contributed by atoms with Gasteiger partial charge in [-0.25, -0.2) is 4.99 Å². The minimum Gasteiger partial charge on any atom is -0.497 e. The molecule has 1 saturated carbocycles. The lowest BCUT2D eigenvalue weighted by molar-refractivity contribution is 0.207. The summed E-state index contributed by atoms with van der Waals surface area (Å²) in [5.74, 6) is 3.20. The number of aliphatic imine (C=N–C) groups is 1. The van der Waals surface area contributed by atoms with Crippen LogP contribution >= 0.6 is 24.0 Å². The van der Waals surface area contributed by atoms with Crippen LogP contribution in [0.1, 0.15) is 56.1 Å². The molecule has 0 spiro atoms. The summed E-state index contributed by atoms with van der Waals surface area (Å²) in [5, 5.41) is 7.81. The number of methoxy groups -OCH3 is 1. The first-order chi connectivity index (χ1) is 15.2. The molecule has 7 nitrogen and oxygen atoms in total. The Morgan fingerprint density at radius 1 is 1.25 bits per heavy atom. The molecule has 1 aliphatic heterocycles. The van der Waals surface area contributed by atoms with Crippen molar-refractivity contribution in [3.63, 3.8) is 0 Å². The van der Waals surface area contributed by atoms with Crippen molar-refractivity contribution in [2.45, 2.75) is 57.6 Å². The van der Waals surface area contributed by atoms with E-state index in [4.69, 9.17) is 14.5 Å². The number of rotatable bonds is 7.